The zero-order chi connectivity index (χ0) is 13.9. The van der Waals surface area contributed by atoms with E-state index in [0.717, 1.165) is 25.9 Å². The number of sulfone groups is 1. The van der Waals surface area contributed by atoms with Crippen LogP contribution in [-0.2, 0) is 19.9 Å². The molecule has 0 spiro atoms. The molecule has 2 N–H and O–H groups in total. The predicted molar refractivity (Wildman–Crippen MR) is 74.2 cm³/mol. The summed E-state index contributed by atoms with van der Waals surface area (Å²) in [5.41, 5.74) is 0. The molecule has 6 nitrogen and oxygen atoms in total. The van der Waals surface area contributed by atoms with Crippen molar-refractivity contribution < 1.29 is 16.8 Å². The lowest BCUT2D eigenvalue weighted by Gasteiger charge is -2.26. The Kier molecular flexibility index (Phi) is 4.86. The van der Waals surface area contributed by atoms with Gasteiger partial charge >= 0.3 is 0 Å². The summed E-state index contributed by atoms with van der Waals surface area (Å²) in [5, 5.41) is 3.21. The molecule has 2 fully saturated rings. The Bertz CT molecular complexity index is 481. The molecule has 0 atom stereocenters. The Balaban J connectivity index is 1.83. The summed E-state index contributed by atoms with van der Waals surface area (Å²) >= 11 is 0. The molecule has 0 aromatic heterocycles. The van der Waals surface area contributed by atoms with Crippen molar-refractivity contribution in [2.75, 3.05) is 30.3 Å². The first-order valence-corrected chi connectivity index (χ1v) is 10.2. The molecule has 2 rings (SSSR count). The molecule has 2 saturated heterocycles. The van der Waals surface area contributed by atoms with Crippen LogP contribution < -0.4 is 10.0 Å². The van der Waals surface area contributed by atoms with Crippen molar-refractivity contribution in [1.29, 1.82) is 0 Å². The van der Waals surface area contributed by atoms with Crippen LogP contribution in [0.25, 0.3) is 0 Å². The van der Waals surface area contributed by atoms with Crippen molar-refractivity contribution in [3.05, 3.63) is 0 Å². The van der Waals surface area contributed by atoms with Gasteiger partial charge in [0.2, 0.25) is 10.0 Å². The zero-order valence-corrected chi connectivity index (χ0v) is 12.6. The fourth-order valence-electron chi connectivity index (χ4n) is 2.67. The van der Waals surface area contributed by atoms with Crippen molar-refractivity contribution in [3.8, 4) is 0 Å². The Morgan fingerprint density at radius 2 is 1.63 bits per heavy atom. The van der Waals surface area contributed by atoms with E-state index in [-0.39, 0.29) is 29.2 Å². The Labute approximate surface area is 115 Å². The van der Waals surface area contributed by atoms with Gasteiger partial charge in [-0.2, -0.15) is 0 Å². The monoisotopic (exact) mass is 310 g/mol. The smallest absolute Gasteiger partial charge is 0.212 e. The molecule has 0 amide bonds. The highest BCUT2D eigenvalue weighted by Gasteiger charge is 2.28. The highest BCUT2D eigenvalue weighted by Crippen LogP contribution is 2.16. The van der Waals surface area contributed by atoms with Crippen molar-refractivity contribution in [2.45, 2.75) is 31.7 Å². The predicted octanol–water partition coefficient (Wildman–Crippen LogP) is -0.517. The van der Waals surface area contributed by atoms with Gasteiger partial charge in [0.05, 0.1) is 17.3 Å². The lowest BCUT2D eigenvalue weighted by atomic mass is 10.0. The lowest BCUT2D eigenvalue weighted by Crippen LogP contribution is -2.43. The second-order valence-corrected chi connectivity index (χ2v) is 9.62. The summed E-state index contributed by atoms with van der Waals surface area (Å²) in [6.07, 6.45) is 2.57. The fraction of sp³-hybridized carbons (Fsp3) is 1.00. The molecule has 2 aliphatic heterocycles. The van der Waals surface area contributed by atoms with Crippen LogP contribution in [0.15, 0.2) is 0 Å². The van der Waals surface area contributed by atoms with Gasteiger partial charge in [0.25, 0.3) is 0 Å². The number of hydrogen-bond donors (Lipinski definition) is 2. The summed E-state index contributed by atoms with van der Waals surface area (Å²) in [5.74, 6) is 0.560. The molecule has 0 aromatic carbocycles. The number of piperidine rings is 1. The summed E-state index contributed by atoms with van der Waals surface area (Å²) < 4.78 is 49.4. The second-order valence-electron chi connectivity index (χ2n) is 5.52. The lowest BCUT2D eigenvalue weighted by molar-refractivity contribution is 0.398. The second kappa shape index (κ2) is 6.07. The van der Waals surface area contributed by atoms with E-state index >= 15 is 0 Å². The van der Waals surface area contributed by atoms with E-state index in [0.29, 0.717) is 12.8 Å². The summed E-state index contributed by atoms with van der Waals surface area (Å²) in [7, 11) is -6.23. The largest absolute Gasteiger partial charge is 0.317 e. The van der Waals surface area contributed by atoms with E-state index in [4.69, 9.17) is 0 Å². The van der Waals surface area contributed by atoms with Gasteiger partial charge in [-0.1, -0.05) is 0 Å². The highest BCUT2D eigenvalue weighted by atomic mass is 32.2. The molecule has 112 valence electrons. The Morgan fingerprint density at radius 1 is 1.05 bits per heavy atom. The SMILES string of the molecule is O=S1(=O)CCC(NS(=O)(=O)CC2CCNCC2)CC1. The minimum Gasteiger partial charge on any atom is -0.317 e. The van der Waals surface area contributed by atoms with Gasteiger partial charge in [0, 0.05) is 6.04 Å². The van der Waals surface area contributed by atoms with Crippen molar-refractivity contribution in [3.63, 3.8) is 0 Å². The van der Waals surface area contributed by atoms with E-state index in [1.807, 2.05) is 0 Å². The van der Waals surface area contributed by atoms with Crippen LogP contribution in [0.3, 0.4) is 0 Å². The molecule has 0 saturated carbocycles. The minimum absolute atomic E-state index is 0.0908. The van der Waals surface area contributed by atoms with Gasteiger partial charge in [-0.3, -0.25) is 0 Å². The molecular weight excluding hydrogens is 288 g/mol. The van der Waals surface area contributed by atoms with Crippen LogP contribution in [0.1, 0.15) is 25.7 Å². The van der Waals surface area contributed by atoms with E-state index in [1.54, 1.807) is 0 Å². The summed E-state index contributed by atoms with van der Waals surface area (Å²) in [4.78, 5) is 0. The number of rotatable bonds is 4. The van der Waals surface area contributed by atoms with E-state index in [9.17, 15) is 16.8 Å². The first-order valence-electron chi connectivity index (χ1n) is 6.77. The molecule has 2 aliphatic rings. The number of nitrogens with one attached hydrogen (secondary N) is 2. The highest BCUT2D eigenvalue weighted by molar-refractivity contribution is 7.91. The van der Waals surface area contributed by atoms with Crippen LogP contribution in [0, 0.1) is 5.92 Å². The van der Waals surface area contributed by atoms with Gasteiger partial charge < -0.3 is 5.32 Å². The molecule has 0 aromatic rings. The van der Waals surface area contributed by atoms with Gasteiger partial charge in [0.15, 0.2) is 0 Å². The molecule has 0 unspecified atom stereocenters. The first-order chi connectivity index (χ1) is 8.86. The van der Waals surface area contributed by atoms with E-state index in [1.165, 1.54) is 0 Å². The molecule has 0 aliphatic carbocycles. The molecular formula is C11H22N2O4S2. The van der Waals surface area contributed by atoms with Crippen molar-refractivity contribution in [1.82, 2.24) is 10.0 Å². The quantitative estimate of drug-likeness (QED) is 0.729. The Hall–Kier alpha value is -0.180. The van der Waals surface area contributed by atoms with E-state index in [2.05, 4.69) is 10.0 Å². The maximum Gasteiger partial charge on any atom is 0.212 e. The third-order valence-corrected chi connectivity index (χ3v) is 7.13. The molecule has 19 heavy (non-hydrogen) atoms. The number of sulfonamides is 1. The van der Waals surface area contributed by atoms with Gasteiger partial charge in [-0.25, -0.2) is 21.6 Å². The number of hydrogen-bond acceptors (Lipinski definition) is 5. The van der Waals surface area contributed by atoms with E-state index < -0.39 is 19.9 Å². The molecule has 2 heterocycles. The summed E-state index contributed by atoms with van der Waals surface area (Å²) in [6.45, 7) is 1.75. The van der Waals surface area contributed by atoms with Crippen LogP contribution in [0.2, 0.25) is 0 Å². The zero-order valence-electron chi connectivity index (χ0n) is 11.0. The molecule has 8 heteroatoms. The maximum atomic E-state index is 12.0. The molecule has 0 bridgehead atoms. The van der Waals surface area contributed by atoms with Gasteiger partial charge in [-0.15, -0.1) is 0 Å². The van der Waals surface area contributed by atoms with Crippen molar-refractivity contribution in [2.24, 2.45) is 5.92 Å². The Morgan fingerprint density at radius 3 is 2.21 bits per heavy atom. The average Bonchev–Trinajstić information content (AvgIpc) is 2.32. The maximum absolute atomic E-state index is 12.0. The van der Waals surface area contributed by atoms with Crippen LogP contribution in [-0.4, -0.2) is 53.2 Å². The fourth-order valence-corrected chi connectivity index (χ4v) is 5.95. The van der Waals surface area contributed by atoms with Crippen LogP contribution >= 0.6 is 0 Å². The average molecular weight is 310 g/mol. The molecule has 0 radical (unpaired) electrons. The van der Waals surface area contributed by atoms with Crippen LogP contribution in [0.5, 0.6) is 0 Å². The standard InChI is InChI=1S/C11H22N2O4S2/c14-18(15)7-3-11(4-8-18)13-19(16,17)9-10-1-5-12-6-2-10/h10-13H,1-9H2. The topological polar surface area (TPSA) is 92.3 Å². The third kappa shape index (κ3) is 5.02. The minimum atomic E-state index is -3.29. The first kappa shape index (κ1) is 15.2. The van der Waals surface area contributed by atoms with Gasteiger partial charge in [0.1, 0.15) is 9.84 Å². The third-order valence-electron chi connectivity index (χ3n) is 3.81. The normalized spacial score (nSPS) is 26.3. The van der Waals surface area contributed by atoms with Crippen molar-refractivity contribution >= 4 is 19.9 Å². The van der Waals surface area contributed by atoms with Crippen LogP contribution in [0.4, 0.5) is 0 Å². The summed E-state index contributed by atoms with van der Waals surface area (Å²) in [6, 6.07) is -0.213. The van der Waals surface area contributed by atoms with Gasteiger partial charge in [-0.05, 0) is 44.7 Å².